The number of anilines is 1. The number of carbonyl (C=O) groups is 1. The number of nitrogens with two attached hydrogens (primary N) is 1. The fourth-order valence-electron chi connectivity index (χ4n) is 3.30. The van der Waals surface area contributed by atoms with Gasteiger partial charge in [-0.2, -0.15) is 9.97 Å². The number of hydrogen-bond acceptors (Lipinski definition) is 8. The summed E-state index contributed by atoms with van der Waals surface area (Å²) >= 11 is 6.06. The molecule has 1 aliphatic rings. The highest BCUT2D eigenvalue weighted by Gasteiger charge is 2.46. The van der Waals surface area contributed by atoms with Crippen LogP contribution in [0.15, 0.2) is 36.7 Å². The second kappa shape index (κ2) is 7.01. The summed E-state index contributed by atoms with van der Waals surface area (Å²) in [6, 6.07) is 8.67. The van der Waals surface area contributed by atoms with E-state index in [1.807, 2.05) is 6.07 Å². The van der Waals surface area contributed by atoms with Gasteiger partial charge in [0.05, 0.1) is 18.0 Å². The quantitative estimate of drug-likeness (QED) is 0.500. The maximum absolute atomic E-state index is 12.1. The van der Waals surface area contributed by atoms with E-state index in [1.165, 1.54) is 6.33 Å². The molecule has 3 heterocycles. The Hall–Kier alpha value is -2.75. The summed E-state index contributed by atoms with van der Waals surface area (Å²) in [7, 11) is 0. The number of nitrogen functional groups attached to an aromatic ring is 1. The van der Waals surface area contributed by atoms with Gasteiger partial charge in [0.1, 0.15) is 17.7 Å². The van der Waals surface area contributed by atoms with Gasteiger partial charge in [0, 0.05) is 6.42 Å². The number of halogens is 1. The van der Waals surface area contributed by atoms with Crippen molar-refractivity contribution in [3.05, 3.63) is 47.4 Å². The molecule has 0 radical (unpaired) electrons. The summed E-state index contributed by atoms with van der Waals surface area (Å²) in [5, 5.41) is 11.0. The van der Waals surface area contributed by atoms with E-state index in [9.17, 15) is 9.90 Å². The topological polar surface area (TPSA) is 125 Å². The molecule has 9 nitrogen and oxygen atoms in total. The molecular weight excluding hydrogens is 386 g/mol. The van der Waals surface area contributed by atoms with Crippen molar-refractivity contribution in [2.45, 2.75) is 31.3 Å². The van der Waals surface area contributed by atoms with Gasteiger partial charge >= 0.3 is 5.97 Å². The third-order valence-corrected chi connectivity index (χ3v) is 4.82. The number of esters is 1. The molecule has 3 atom stereocenters. The largest absolute Gasteiger partial charge is 0.459 e. The second-order valence-electron chi connectivity index (χ2n) is 6.83. The van der Waals surface area contributed by atoms with Crippen molar-refractivity contribution in [2.75, 3.05) is 12.3 Å². The third-order valence-electron chi connectivity index (χ3n) is 4.55. The Bertz CT molecular complexity index is 1020. The van der Waals surface area contributed by atoms with Gasteiger partial charge in [-0.1, -0.05) is 29.8 Å². The Labute approximate surface area is 165 Å². The lowest BCUT2D eigenvalue weighted by atomic mass is 10.0. The number of imidazole rings is 1. The van der Waals surface area contributed by atoms with Gasteiger partial charge in [-0.3, -0.25) is 4.57 Å². The fraction of sp³-hybridized carbons (Fsp3) is 0.333. The third kappa shape index (κ3) is 3.39. The lowest BCUT2D eigenvalue weighted by Crippen LogP contribution is -2.32. The normalized spacial score (nSPS) is 24.5. The predicted molar refractivity (Wildman–Crippen MR) is 101 cm³/mol. The fourth-order valence-corrected chi connectivity index (χ4v) is 3.52. The Balaban J connectivity index is 1.52. The molecule has 28 heavy (non-hydrogen) atoms. The average Bonchev–Trinajstić information content (AvgIpc) is 3.20. The molecule has 1 aliphatic heterocycles. The van der Waals surface area contributed by atoms with Crippen molar-refractivity contribution >= 4 is 34.7 Å². The van der Waals surface area contributed by atoms with Gasteiger partial charge < -0.3 is 20.3 Å². The number of aliphatic hydroxyl groups is 1. The number of fused-ring (bicyclic) bond motifs is 1. The van der Waals surface area contributed by atoms with Gasteiger partial charge in [-0.05, 0) is 19.1 Å². The van der Waals surface area contributed by atoms with E-state index >= 15 is 0 Å². The van der Waals surface area contributed by atoms with Crippen LogP contribution < -0.4 is 5.73 Å². The Kier molecular flexibility index (Phi) is 4.66. The van der Waals surface area contributed by atoms with Crippen LogP contribution >= 0.6 is 11.6 Å². The van der Waals surface area contributed by atoms with E-state index in [0.29, 0.717) is 16.7 Å². The van der Waals surface area contributed by atoms with Crippen LogP contribution in [0, 0.1) is 0 Å². The van der Waals surface area contributed by atoms with E-state index in [0.717, 1.165) is 0 Å². The Morgan fingerprint density at radius 1 is 1.43 bits per heavy atom. The van der Waals surface area contributed by atoms with Gasteiger partial charge in [-0.15, -0.1) is 0 Å². The zero-order valence-electron chi connectivity index (χ0n) is 14.9. The minimum Gasteiger partial charge on any atom is -0.459 e. The lowest BCUT2D eigenvalue weighted by molar-refractivity contribution is -0.0867. The summed E-state index contributed by atoms with van der Waals surface area (Å²) < 4.78 is 12.8. The number of nitrogens with zero attached hydrogens (tertiary/aromatic N) is 4. The molecule has 4 rings (SSSR count). The first-order chi connectivity index (χ1) is 13.3. The smallest absolute Gasteiger partial charge is 0.338 e. The van der Waals surface area contributed by atoms with E-state index in [1.54, 1.807) is 35.8 Å². The highest BCUT2D eigenvalue weighted by molar-refractivity contribution is 6.33. The molecule has 1 saturated heterocycles. The molecule has 0 amide bonds. The molecule has 0 bridgehead atoms. The van der Waals surface area contributed by atoms with E-state index in [4.69, 9.17) is 26.8 Å². The van der Waals surface area contributed by atoms with E-state index < -0.39 is 23.9 Å². The van der Waals surface area contributed by atoms with Gasteiger partial charge in [-0.25, -0.2) is 9.78 Å². The van der Waals surface area contributed by atoms with Gasteiger partial charge in [0.15, 0.2) is 17.0 Å². The maximum Gasteiger partial charge on any atom is 0.338 e. The Morgan fingerprint density at radius 3 is 2.93 bits per heavy atom. The molecule has 0 spiro atoms. The SMILES string of the molecule is C[C@@]1(O)C[C@@H](COC(=O)c2ccccc2)O[C@H]1n1cnc2c(Cl)nc(N)nc21. The van der Waals surface area contributed by atoms with Crippen LogP contribution in [-0.4, -0.2) is 48.9 Å². The summed E-state index contributed by atoms with van der Waals surface area (Å²) in [5.74, 6) is -0.460. The van der Waals surface area contributed by atoms with Crippen LogP contribution in [0.25, 0.3) is 11.2 Å². The molecule has 10 heteroatoms. The molecule has 3 aromatic rings. The van der Waals surface area contributed by atoms with Crippen LogP contribution in [0.5, 0.6) is 0 Å². The predicted octanol–water partition coefficient (Wildman–Crippen LogP) is 1.96. The average molecular weight is 404 g/mol. The zero-order valence-corrected chi connectivity index (χ0v) is 15.7. The second-order valence-corrected chi connectivity index (χ2v) is 7.19. The van der Waals surface area contributed by atoms with Crippen molar-refractivity contribution in [3.8, 4) is 0 Å². The molecule has 0 aliphatic carbocycles. The van der Waals surface area contributed by atoms with Crippen molar-refractivity contribution in [1.29, 1.82) is 0 Å². The standard InChI is InChI=1S/C18H18ClN5O4/c1-18(26)7-11(8-27-15(25)10-5-3-2-4-6-10)28-16(18)24-9-21-12-13(19)22-17(20)23-14(12)24/h2-6,9,11,16,26H,7-8H2,1H3,(H2,20,22,23)/t11-,16+,18+/m0/s1. The molecule has 0 saturated carbocycles. The van der Waals surface area contributed by atoms with Gasteiger partial charge in [0.25, 0.3) is 0 Å². The number of carbonyl (C=O) groups excluding carboxylic acids is 1. The maximum atomic E-state index is 12.1. The molecule has 1 fully saturated rings. The molecule has 1 aromatic carbocycles. The Morgan fingerprint density at radius 2 is 2.18 bits per heavy atom. The molecule has 2 aromatic heterocycles. The zero-order chi connectivity index (χ0) is 19.9. The monoisotopic (exact) mass is 403 g/mol. The summed E-state index contributed by atoms with van der Waals surface area (Å²) in [6.07, 6.45) is 0.415. The molecule has 146 valence electrons. The van der Waals surface area contributed by atoms with Gasteiger partial charge in [0.2, 0.25) is 5.95 Å². The summed E-state index contributed by atoms with van der Waals surface area (Å²) in [6.45, 7) is 1.64. The first-order valence-electron chi connectivity index (χ1n) is 8.61. The first-order valence-corrected chi connectivity index (χ1v) is 8.98. The minimum absolute atomic E-state index is 0.00485. The highest BCUT2D eigenvalue weighted by Crippen LogP contribution is 2.39. The van der Waals surface area contributed by atoms with Crippen LogP contribution in [-0.2, 0) is 9.47 Å². The highest BCUT2D eigenvalue weighted by atomic mass is 35.5. The number of benzene rings is 1. The van der Waals surface area contributed by atoms with Crippen LogP contribution in [0.4, 0.5) is 5.95 Å². The summed E-state index contributed by atoms with van der Waals surface area (Å²) in [4.78, 5) is 24.3. The van der Waals surface area contributed by atoms with Crippen molar-refractivity contribution in [3.63, 3.8) is 0 Å². The van der Waals surface area contributed by atoms with Crippen molar-refractivity contribution in [1.82, 2.24) is 19.5 Å². The molecular formula is C18H18ClN5O4. The first kappa shape index (κ1) is 18.6. The lowest BCUT2D eigenvalue weighted by Gasteiger charge is -2.24. The van der Waals surface area contributed by atoms with Crippen LogP contribution in [0.2, 0.25) is 5.15 Å². The van der Waals surface area contributed by atoms with Crippen molar-refractivity contribution in [2.24, 2.45) is 0 Å². The number of hydrogen-bond donors (Lipinski definition) is 2. The minimum atomic E-state index is -1.25. The van der Waals surface area contributed by atoms with E-state index in [2.05, 4.69) is 15.0 Å². The van der Waals surface area contributed by atoms with Crippen LogP contribution in [0.3, 0.4) is 0 Å². The number of ether oxygens (including phenoxy) is 2. The molecule has 3 N–H and O–H groups in total. The van der Waals surface area contributed by atoms with E-state index in [-0.39, 0.29) is 24.1 Å². The number of aromatic nitrogens is 4. The molecule has 0 unspecified atom stereocenters. The summed E-state index contributed by atoms with van der Waals surface area (Å²) in [5.41, 5.74) is 5.59. The van der Waals surface area contributed by atoms with Crippen molar-refractivity contribution < 1.29 is 19.4 Å². The number of rotatable bonds is 4. The van der Waals surface area contributed by atoms with Crippen LogP contribution in [0.1, 0.15) is 29.9 Å².